The normalized spacial score (nSPS) is 15.2. The second kappa shape index (κ2) is 8.30. The molecule has 6 rings (SSSR count). The number of benzene rings is 2. The molecule has 0 atom stereocenters. The van der Waals surface area contributed by atoms with Crippen molar-refractivity contribution in [2.24, 2.45) is 5.73 Å². The number of carbonyl (C=O) groups excluding carboxylic acids is 2. The standard InChI is InChI=1S/C27H25N5O4/c1-15-11-19(15)27(34)31-13-17(14-31)20-12-29-32-24(25(28)33)23(30-26(20)32)16-7-9-18(10-8-16)36-22-6-4-3-5-21(22)35-2/h3-10,12,17,29H,11,13-14H2,1-2H3,(H2,28,33). The average molecular weight is 484 g/mol. The van der Waals surface area contributed by atoms with Gasteiger partial charge in [0.05, 0.1) is 7.11 Å². The van der Waals surface area contributed by atoms with Crippen LogP contribution in [0, 0.1) is 0 Å². The number of nitrogens with two attached hydrogens (primary N) is 1. The molecule has 3 heterocycles. The molecule has 1 aliphatic heterocycles. The third-order valence-corrected chi connectivity index (χ3v) is 6.84. The summed E-state index contributed by atoms with van der Waals surface area (Å²) in [6.45, 7) is 3.26. The van der Waals surface area contributed by atoms with E-state index in [1.165, 1.54) is 5.57 Å². The molecular weight excluding hydrogens is 458 g/mol. The van der Waals surface area contributed by atoms with Gasteiger partial charge in [-0.3, -0.25) is 14.7 Å². The fourth-order valence-electron chi connectivity index (χ4n) is 4.69. The Morgan fingerprint density at radius 1 is 1.08 bits per heavy atom. The summed E-state index contributed by atoms with van der Waals surface area (Å²) < 4.78 is 12.9. The number of primary amides is 1. The van der Waals surface area contributed by atoms with Crippen LogP contribution in [0.3, 0.4) is 0 Å². The first-order valence-corrected chi connectivity index (χ1v) is 11.7. The van der Waals surface area contributed by atoms with Crippen LogP contribution in [-0.4, -0.2) is 51.5 Å². The van der Waals surface area contributed by atoms with Gasteiger partial charge in [0.1, 0.15) is 11.4 Å². The van der Waals surface area contributed by atoms with E-state index in [1.807, 2.05) is 66.6 Å². The van der Waals surface area contributed by atoms with Crippen molar-refractivity contribution >= 4 is 17.5 Å². The van der Waals surface area contributed by atoms with Crippen LogP contribution in [0.4, 0.5) is 0 Å². The molecule has 0 unspecified atom stereocenters. The number of H-pyrrole nitrogens is 1. The number of hydrogen-bond donors (Lipinski definition) is 2. The van der Waals surface area contributed by atoms with Crippen LogP contribution in [0.1, 0.15) is 35.3 Å². The van der Waals surface area contributed by atoms with E-state index in [9.17, 15) is 9.59 Å². The molecule has 2 amide bonds. The monoisotopic (exact) mass is 483 g/mol. The van der Waals surface area contributed by atoms with Crippen LogP contribution < -0.4 is 15.2 Å². The molecule has 2 aliphatic rings. The molecule has 182 valence electrons. The number of fused-ring (bicyclic) bond motifs is 1. The highest BCUT2D eigenvalue weighted by Crippen LogP contribution is 2.38. The van der Waals surface area contributed by atoms with Gasteiger partial charge in [0.2, 0.25) is 5.91 Å². The smallest absolute Gasteiger partial charge is 0.269 e. The summed E-state index contributed by atoms with van der Waals surface area (Å²) in [5.41, 5.74) is 11.0. The van der Waals surface area contributed by atoms with Crippen molar-refractivity contribution in [1.29, 1.82) is 0 Å². The Hall–Kier alpha value is -4.53. The minimum absolute atomic E-state index is 0.132. The number of rotatable bonds is 7. The van der Waals surface area contributed by atoms with Crippen molar-refractivity contribution in [2.45, 2.75) is 19.3 Å². The molecule has 0 spiro atoms. The SMILES string of the molecule is COc1ccccc1Oc1ccc(-c2nc3c(C4CN(C(=O)C5=C(C)C5)C4)c[nH]n3c2C(N)=O)cc1. The molecule has 0 bridgehead atoms. The predicted octanol–water partition coefficient (Wildman–Crippen LogP) is 3.88. The lowest BCUT2D eigenvalue weighted by Gasteiger charge is -2.38. The van der Waals surface area contributed by atoms with E-state index in [0.29, 0.717) is 41.7 Å². The van der Waals surface area contributed by atoms with Crippen LogP contribution in [0.15, 0.2) is 65.9 Å². The lowest BCUT2D eigenvalue weighted by Crippen LogP contribution is -2.48. The second-order valence-corrected chi connectivity index (χ2v) is 9.18. The van der Waals surface area contributed by atoms with Crippen LogP contribution in [0.5, 0.6) is 17.2 Å². The number of amides is 2. The first-order chi connectivity index (χ1) is 17.4. The highest BCUT2D eigenvalue weighted by atomic mass is 16.5. The number of likely N-dealkylation sites (tertiary alicyclic amines) is 1. The first-order valence-electron chi connectivity index (χ1n) is 11.7. The maximum atomic E-state index is 12.4. The second-order valence-electron chi connectivity index (χ2n) is 9.18. The van der Waals surface area contributed by atoms with Crippen LogP contribution in [-0.2, 0) is 4.79 Å². The van der Waals surface area contributed by atoms with E-state index in [4.69, 9.17) is 20.2 Å². The Bertz CT molecular complexity index is 1540. The molecule has 1 aliphatic carbocycles. The molecule has 1 fully saturated rings. The van der Waals surface area contributed by atoms with Crippen molar-refractivity contribution in [3.8, 4) is 28.5 Å². The number of hydrogen-bond acceptors (Lipinski definition) is 5. The van der Waals surface area contributed by atoms with E-state index in [-0.39, 0.29) is 17.5 Å². The predicted molar refractivity (Wildman–Crippen MR) is 133 cm³/mol. The number of nitrogens with one attached hydrogen (secondary N) is 1. The number of carbonyl (C=O) groups is 2. The molecule has 2 aromatic carbocycles. The topological polar surface area (TPSA) is 115 Å². The van der Waals surface area contributed by atoms with Crippen LogP contribution in [0.25, 0.3) is 16.9 Å². The number of imidazole rings is 1. The van der Waals surface area contributed by atoms with E-state index < -0.39 is 5.91 Å². The molecule has 9 heteroatoms. The number of ether oxygens (including phenoxy) is 2. The molecule has 0 radical (unpaired) electrons. The summed E-state index contributed by atoms with van der Waals surface area (Å²) >= 11 is 0. The van der Waals surface area contributed by atoms with Gasteiger partial charge >= 0.3 is 0 Å². The molecule has 0 saturated carbocycles. The van der Waals surface area contributed by atoms with Crippen molar-refractivity contribution in [3.05, 3.63) is 77.1 Å². The third-order valence-electron chi connectivity index (χ3n) is 6.84. The van der Waals surface area contributed by atoms with Gasteiger partial charge in [-0.05, 0) is 49.7 Å². The van der Waals surface area contributed by atoms with E-state index in [1.54, 1.807) is 11.6 Å². The maximum absolute atomic E-state index is 12.4. The number of allylic oxidation sites excluding steroid dienone is 1. The van der Waals surface area contributed by atoms with Gasteiger partial charge in [-0.15, -0.1) is 0 Å². The van der Waals surface area contributed by atoms with Crippen molar-refractivity contribution in [1.82, 2.24) is 19.5 Å². The van der Waals surface area contributed by atoms with Crippen molar-refractivity contribution in [3.63, 3.8) is 0 Å². The molecule has 2 aromatic heterocycles. The molecular formula is C27H25N5O4. The van der Waals surface area contributed by atoms with Gasteiger partial charge in [0, 0.05) is 41.9 Å². The first kappa shape index (κ1) is 22.0. The fraction of sp³-hybridized carbons (Fsp3) is 0.222. The summed E-state index contributed by atoms with van der Waals surface area (Å²) in [5.74, 6) is 1.55. The third kappa shape index (κ3) is 3.60. The summed E-state index contributed by atoms with van der Waals surface area (Å²) in [6, 6.07) is 14.7. The summed E-state index contributed by atoms with van der Waals surface area (Å²) in [4.78, 5) is 31.5. The van der Waals surface area contributed by atoms with Gasteiger partial charge in [0.15, 0.2) is 22.8 Å². The van der Waals surface area contributed by atoms with Crippen molar-refractivity contribution in [2.75, 3.05) is 20.2 Å². The lowest BCUT2D eigenvalue weighted by molar-refractivity contribution is -0.131. The molecule has 1 saturated heterocycles. The zero-order valence-electron chi connectivity index (χ0n) is 19.9. The number of aromatic nitrogens is 3. The zero-order chi connectivity index (χ0) is 25.0. The minimum Gasteiger partial charge on any atom is -0.493 e. The minimum atomic E-state index is -0.582. The molecule has 36 heavy (non-hydrogen) atoms. The zero-order valence-corrected chi connectivity index (χ0v) is 19.9. The molecule has 4 aromatic rings. The van der Waals surface area contributed by atoms with Gasteiger partial charge in [-0.2, -0.15) is 0 Å². The van der Waals surface area contributed by atoms with E-state index >= 15 is 0 Å². The average Bonchev–Trinajstić information content (AvgIpc) is 3.27. The summed E-state index contributed by atoms with van der Waals surface area (Å²) in [5, 5.41) is 3.12. The largest absolute Gasteiger partial charge is 0.493 e. The number of para-hydroxylation sites is 2. The fourth-order valence-corrected chi connectivity index (χ4v) is 4.69. The Morgan fingerprint density at radius 3 is 2.42 bits per heavy atom. The maximum Gasteiger partial charge on any atom is 0.269 e. The molecule has 9 nitrogen and oxygen atoms in total. The lowest BCUT2D eigenvalue weighted by atomic mass is 9.93. The number of nitrogens with zero attached hydrogens (tertiary/aromatic N) is 3. The summed E-state index contributed by atoms with van der Waals surface area (Å²) in [7, 11) is 1.59. The number of methoxy groups -OCH3 is 1. The number of aromatic amines is 1. The Balaban J connectivity index is 1.27. The van der Waals surface area contributed by atoms with Crippen LogP contribution in [0.2, 0.25) is 0 Å². The van der Waals surface area contributed by atoms with Crippen molar-refractivity contribution < 1.29 is 19.1 Å². The summed E-state index contributed by atoms with van der Waals surface area (Å²) in [6.07, 6.45) is 2.67. The highest BCUT2D eigenvalue weighted by Gasteiger charge is 2.38. The Labute approximate surface area is 207 Å². The van der Waals surface area contributed by atoms with Gasteiger partial charge < -0.3 is 20.1 Å². The highest BCUT2D eigenvalue weighted by molar-refractivity contribution is 6.00. The Morgan fingerprint density at radius 2 is 1.78 bits per heavy atom. The van der Waals surface area contributed by atoms with Gasteiger partial charge in [-0.25, -0.2) is 9.50 Å². The Kier molecular flexibility index (Phi) is 5.06. The van der Waals surface area contributed by atoms with Crippen LogP contribution >= 0.6 is 0 Å². The van der Waals surface area contributed by atoms with E-state index in [0.717, 1.165) is 23.1 Å². The van der Waals surface area contributed by atoms with E-state index in [2.05, 4.69) is 5.10 Å². The quantitative estimate of drug-likeness (QED) is 0.414. The molecule has 3 N–H and O–H groups in total. The van der Waals surface area contributed by atoms with Gasteiger partial charge in [0.25, 0.3) is 5.91 Å². The van der Waals surface area contributed by atoms with Gasteiger partial charge in [-0.1, -0.05) is 17.7 Å².